The van der Waals surface area contributed by atoms with Gasteiger partial charge in [0.25, 0.3) is 0 Å². The topological polar surface area (TPSA) is 12.9 Å². The lowest BCUT2D eigenvalue weighted by Crippen LogP contribution is -1.81. The van der Waals surface area contributed by atoms with E-state index in [0.29, 0.717) is 17.4 Å². The van der Waals surface area contributed by atoms with Crippen molar-refractivity contribution in [2.75, 3.05) is 0 Å². The van der Waals surface area contributed by atoms with Crippen LogP contribution >= 0.6 is 0 Å². The van der Waals surface area contributed by atoms with Crippen molar-refractivity contribution in [3.8, 4) is 0 Å². The molecular formula is C3H5NSi2. The van der Waals surface area contributed by atoms with Crippen LogP contribution in [0, 0.1) is 0 Å². The molecule has 0 saturated heterocycles. The molecule has 0 amide bonds. The molecule has 6 heavy (non-hydrogen) atoms. The molecule has 0 unspecified atom stereocenters. The Balaban J connectivity index is 3.00. The molecule has 1 heterocycles. The van der Waals surface area contributed by atoms with Gasteiger partial charge in [-0.2, -0.15) is 0 Å². The van der Waals surface area contributed by atoms with E-state index >= 15 is 0 Å². The fraction of sp³-hybridized carbons (Fsp3) is 0. The summed E-state index contributed by atoms with van der Waals surface area (Å²) in [6.07, 6.45) is 1.89. The number of aromatic nitrogens is 1. The Kier molecular flexibility index (Phi) is 1.40. The third-order valence-electron chi connectivity index (χ3n) is 0.566. The van der Waals surface area contributed by atoms with Crippen LogP contribution in [-0.4, -0.2) is 22.0 Å². The van der Waals surface area contributed by atoms with E-state index in [0.717, 1.165) is 0 Å². The van der Waals surface area contributed by atoms with Crippen molar-refractivity contribution in [1.82, 2.24) is 4.64 Å². The summed E-state index contributed by atoms with van der Waals surface area (Å²) in [5.41, 5.74) is 2.24. The summed E-state index contributed by atoms with van der Waals surface area (Å²) in [5, 5.41) is 0. The van der Waals surface area contributed by atoms with E-state index in [1.165, 1.54) is 0 Å². The van der Waals surface area contributed by atoms with Gasteiger partial charge in [0.15, 0.2) is 0 Å². The molecule has 0 fully saturated rings. The van der Waals surface area contributed by atoms with E-state index in [2.05, 4.69) is 10.3 Å². The number of nitrogens with zero attached hydrogens (tertiary/aromatic N) is 1. The molecule has 0 spiro atoms. The Hall–Kier alpha value is -0.156. The average molecular weight is 111 g/mol. The number of rotatable bonds is 0. The molecule has 30 valence electrons. The van der Waals surface area contributed by atoms with Gasteiger partial charge >= 0.3 is 0 Å². The van der Waals surface area contributed by atoms with Crippen LogP contribution in [0.5, 0.6) is 0 Å². The summed E-state index contributed by atoms with van der Waals surface area (Å²) < 4.78 is 4.09. The van der Waals surface area contributed by atoms with Crippen LogP contribution in [0.25, 0.3) is 0 Å². The third-order valence-corrected chi connectivity index (χ3v) is 3.23. The molecule has 0 saturated carbocycles. The molecule has 0 aliphatic carbocycles. The summed E-state index contributed by atoms with van der Waals surface area (Å²) in [7, 11) is 1.08. The third kappa shape index (κ3) is 0.910. The van der Waals surface area contributed by atoms with E-state index in [1.54, 1.807) is 0 Å². The molecule has 0 radical (unpaired) electrons. The first-order chi connectivity index (χ1) is 3.00. The molecule has 0 aliphatic heterocycles. The van der Waals surface area contributed by atoms with Gasteiger partial charge in [-0.05, 0) is 6.07 Å². The molecule has 1 aromatic heterocycles. The zero-order valence-electron chi connectivity index (χ0n) is 3.33. The van der Waals surface area contributed by atoms with Crippen molar-refractivity contribution >= 4 is 17.4 Å². The molecule has 0 bridgehead atoms. The first-order valence-electron chi connectivity index (χ1n) is 1.85. The Morgan fingerprint density at radius 3 is 2.67 bits per heavy atom. The van der Waals surface area contributed by atoms with E-state index in [9.17, 15) is 0 Å². The van der Waals surface area contributed by atoms with Gasteiger partial charge in [-0.25, -0.2) is 0 Å². The lowest BCUT2D eigenvalue weighted by Gasteiger charge is -1.69. The fourth-order valence-corrected chi connectivity index (χ4v) is 2.22. The Morgan fingerprint density at radius 1 is 1.50 bits per heavy atom. The summed E-state index contributed by atoms with van der Waals surface area (Å²) in [6.45, 7) is 0. The van der Waals surface area contributed by atoms with Crippen LogP contribution in [-0.2, 0) is 0 Å². The van der Waals surface area contributed by atoms with Crippen LogP contribution in [0.3, 0.4) is 0 Å². The number of hydrogen-bond acceptors (Lipinski definition) is 1. The zero-order valence-corrected chi connectivity index (χ0v) is 5.64. The van der Waals surface area contributed by atoms with E-state index in [4.69, 9.17) is 0 Å². The lowest BCUT2D eigenvalue weighted by atomic mass is 10.8. The normalized spacial score (nSPS) is 8.00. The predicted octanol–water partition coefficient (Wildman–Crippen LogP) is -0.778. The van der Waals surface area contributed by atoms with Crippen LogP contribution in [0.1, 0.15) is 0 Å². The maximum absolute atomic E-state index is 4.09. The van der Waals surface area contributed by atoms with Gasteiger partial charge in [-0.15, -0.1) is 0 Å². The van der Waals surface area contributed by atoms with Gasteiger partial charge in [0, 0.05) is 14.8 Å². The molecule has 0 atom stereocenters. The van der Waals surface area contributed by atoms with Crippen LogP contribution in [0.4, 0.5) is 0 Å². The smallest absolute Gasteiger partial charge is 0.114 e. The Morgan fingerprint density at radius 2 is 2.50 bits per heavy atom. The second-order valence-corrected chi connectivity index (χ2v) is 4.44. The Bertz CT molecular complexity index is 80.7. The lowest BCUT2D eigenvalue weighted by molar-refractivity contribution is 1.53. The molecule has 1 rings (SSSR count). The van der Waals surface area contributed by atoms with Gasteiger partial charge in [-0.3, -0.25) is 0 Å². The molecule has 0 aliphatic rings. The summed E-state index contributed by atoms with van der Waals surface area (Å²) in [6, 6.07) is 2.03. The molecular weight excluding hydrogens is 106 g/mol. The van der Waals surface area contributed by atoms with Crippen molar-refractivity contribution in [1.29, 1.82) is 0 Å². The Labute approximate surface area is 40.8 Å². The van der Waals surface area contributed by atoms with E-state index in [-0.39, 0.29) is 0 Å². The number of hydrogen-bond donors (Lipinski definition) is 0. The highest BCUT2D eigenvalue weighted by molar-refractivity contribution is 6.76. The van der Waals surface area contributed by atoms with Gasteiger partial charge in [0.2, 0.25) is 0 Å². The second kappa shape index (κ2) is 2.10. The molecule has 3 heteroatoms. The fourth-order valence-electron chi connectivity index (χ4n) is 0.313. The molecule has 1 aromatic rings. The van der Waals surface area contributed by atoms with Gasteiger partial charge in [-0.1, -0.05) is 5.68 Å². The van der Waals surface area contributed by atoms with Crippen molar-refractivity contribution in [2.45, 2.75) is 0 Å². The van der Waals surface area contributed by atoms with Crippen LogP contribution < -0.4 is 0 Å². The zero-order chi connectivity index (χ0) is 4.24. The van der Waals surface area contributed by atoms with Gasteiger partial charge in [0.1, 0.15) is 8.79 Å². The highest BCUT2D eigenvalue weighted by Crippen LogP contribution is 1.60. The highest BCUT2D eigenvalue weighted by Gasteiger charge is 1.60. The average Bonchev–Trinajstić information content (AvgIpc) is 1.72. The van der Waals surface area contributed by atoms with Crippen LogP contribution in [0.2, 0.25) is 0 Å². The van der Waals surface area contributed by atoms with E-state index < -0.39 is 0 Å². The maximum Gasteiger partial charge on any atom is 0.114 e. The van der Waals surface area contributed by atoms with Crippen molar-refractivity contribution < 1.29 is 0 Å². The minimum Gasteiger partial charge on any atom is -0.314 e. The first kappa shape index (κ1) is 4.01. The van der Waals surface area contributed by atoms with E-state index in [1.807, 2.05) is 12.3 Å². The van der Waals surface area contributed by atoms with Gasteiger partial charge in [0.05, 0.1) is 0 Å². The predicted molar refractivity (Wildman–Crippen MR) is 29.7 cm³/mol. The molecule has 0 aromatic carbocycles. The van der Waals surface area contributed by atoms with Crippen molar-refractivity contribution in [3.05, 3.63) is 17.9 Å². The second-order valence-electron chi connectivity index (χ2n) is 1.02. The van der Waals surface area contributed by atoms with Gasteiger partial charge < -0.3 is 4.64 Å². The van der Waals surface area contributed by atoms with Crippen molar-refractivity contribution in [2.24, 2.45) is 0 Å². The summed E-state index contributed by atoms with van der Waals surface area (Å²) >= 11 is 0. The SMILES string of the molecule is c1cn[siH][siH]c1. The minimum absolute atomic E-state index is 0.471. The quantitative estimate of drug-likeness (QED) is 0.400. The summed E-state index contributed by atoms with van der Waals surface area (Å²) in [5.74, 6) is 0. The highest BCUT2D eigenvalue weighted by atomic mass is 28.9. The minimum atomic E-state index is 0.471. The molecule has 0 N–H and O–H groups in total. The summed E-state index contributed by atoms with van der Waals surface area (Å²) in [4.78, 5) is 0. The molecule has 1 nitrogen and oxygen atoms in total. The van der Waals surface area contributed by atoms with Crippen molar-refractivity contribution in [3.63, 3.8) is 0 Å². The van der Waals surface area contributed by atoms with Crippen LogP contribution in [0.15, 0.2) is 17.9 Å². The largest absolute Gasteiger partial charge is 0.314 e. The first-order valence-corrected chi connectivity index (χ1v) is 5.70. The maximum atomic E-state index is 4.09. The monoisotopic (exact) mass is 111 g/mol. The standard InChI is InChI=1S/C3H5NSi2/c1-2-4-6-5-3-1/h1-3,5-6H.